The fraction of sp³-hybridized carbons (Fsp3) is 0.688. The number of anilines is 1. The molecule has 2 aliphatic rings. The summed E-state index contributed by atoms with van der Waals surface area (Å²) in [5, 5.41) is 10.6. The number of aliphatic hydroxyl groups is 1. The zero-order chi connectivity index (χ0) is 17.2. The third-order valence-electron chi connectivity index (χ3n) is 4.41. The first-order valence-corrected chi connectivity index (χ1v) is 8.28. The molecule has 3 rings (SSSR count). The van der Waals surface area contributed by atoms with E-state index < -0.39 is 5.60 Å². The molecule has 1 aromatic rings. The highest BCUT2D eigenvalue weighted by Gasteiger charge is 2.38. The number of hydrogen-bond donors (Lipinski definition) is 1. The normalized spacial score (nSPS) is 24.7. The summed E-state index contributed by atoms with van der Waals surface area (Å²) >= 11 is 0. The number of β-amino-alcohol motifs (C(OH)–C–C–N with tert-alkyl or cyclic N) is 1. The van der Waals surface area contributed by atoms with Gasteiger partial charge in [-0.1, -0.05) is 0 Å². The van der Waals surface area contributed by atoms with Crippen molar-refractivity contribution in [3.05, 3.63) is 18.0 Å². The zero-order valence-corrected chi connectivity index (χ0v) is 14.3. The van der Waals surface area contributed by atoms with Gasteiger partial charge in [-0.25, -0.2) is 9.97 Å². The molecule has 0 radical (unpaired) electrons. The third kappa shape index (κ3) is 3.82. The van der Waals surface area contributed by atoms with Gasteiger partial charge in [0, 0.05) is 38.6 Å². The Morgan fingerprint density at radius 1 is 1.29 bits per heavy atom. The highest BCUT2D eigenvalue weighted by Crippen LogP contribution is 2.23. The SMILES string of the molecule is CN(C)C[C@]1(O)CCN(C(=O)c2cnc(N3CCOCC3)nc2)C1. The molecule has 1 N–H and O–H groups in total. The van der Waals surface area contributed by atoms with Gasteiger partial charge in [-0.2, -0.15) is 0 Å². The third-order valence-corrected chi connectivity index (χ3v) is 4.41. The minimum atomic E-state index is -0.840. The van der Waals surface area contributed by atoms with Crippen LogP contribution < -0.4 is 4.90 Å². The monoisotopic (exact) mass is 335 g/mol. The standard InChI is InChI=1S/C16H25N5O3/c1-19(2)11-16(23)3-4-21(12-16)14(22)13-9-17-15(18-10-13)20-5-7-24-8-6-20/h9-10,23H,3-8,11-12H2,1-2H3/t16-/m1/s1. The molecule has 0 aromatic carbocycles. The zero-order valence-electron chi connectivity index (χ0n) is 14.3. The topological polar surface area (TPSA) is 82.0 Å². The lowest BCUT2D eigenvalue weighted by Crippen LogP contribution is -2.43. The van der Waals surface area contributed by atoms with Crippen LogP contribution >= 0.6 is 0 Å². The van der Waals surface area contributed by atoms with Crippen LogP contribution in [-0.4, -0.2) is 96.4 Å². The van der Waals surface area contributed by atoms with Crippen molar-refractivity contribution in [3.8, 4) is 0 Å². The van der Waals surface area contributed by atoms with E-state index in [2.05, 4.69) is 9.97 Å². The quantitative estimate of drug-likeness (QED) is 0.791. The molecular formula is C16H25N5O3. The molecule has 1 amide bonds. The van der Waals surface area contributed by atoms with E-state index in [1.807, 2.05) is 23.9 Å². The summed E-state index contributed by atoms with van der Waals surface area (Å²) in [6, 6.07) is 0. The number of likely N-dealkylation sites (N-methyl/N-ethyl adjacent to an activating group) is 1. The molecule has 132 valence electrons. The summed E-state index contributed by atoms with van der Waals surface area (Å²) in [5.41, 5.74) is -0.380. The van der Waals surface area contributed by atoms with E-state index in [-0.39, 0.29) is 5.91 Å². The number of nitrogens with zero attached hydrogens (tertiary/aromatic N) is 5. The van der Waals surface area contributed by atoms with Gasteiger partial charge in [0.15, 0.2) is 0 Å². The van der Waals surface area contributed by atoms with Crippen molar-refractivity contribution in [1.82, 2.24) is 19.8 Å². The molecule has 2 fully saturated rings. The van der Waals surface area contributed by atoms with Crippen molar-refractivity contribution in [1.29, 1.82) is 0 Å². The number of likely N-dealkylation sites (tertiary alicyclic amines) is 1. The number of carbonyl (C=O) groups is 1. The fourth-order valence-corrected chi connectivity index (χ4v) is 3.29. The Labute approximate surface area is 142 Å². The Morgan fingerprint density at radius 3 is 2.58 bits per heavy atom. The summed E-state index contributed by atoms with van der Waals surface area (Å²) in [7, 11) is 3.83. The highest BCUT2D eigenvalue weighted by molar-refractivity contribution is 5.94. The maximum atomic E-state index is 12.6. The second-order valence-corrected chi connectivity index (χ2v) is 6.81. The second-order valence-electron chi connectivity index (χ2n) is 6.81. The molecule has 0 saturated carbocycles. The lowest BCUT2D eigenvalue weighted by Gasteiger charge is -2.27. The lowest BCUT2D eigenvalue weighted by atomic mass is 10.0. The summed E-state index contributed by atoms with van der Waals surface area (Å²) in [4.78, 5) is 26.9. The van der Waals surface area contributed by atoms with Crippen molar-refractivity contribution >= 4 is 11.9 Å². The molecule has 8 nitrogen and oxygen atoms in total. The van der Waals surface area contributed by atoms with Crippen molar-refractivity contribution in [2.45, 2.75) is 12.0 Å². The molecular weight excluding hydrogens is 310 g/mol. The van der Waals surface area contributed by atoms with Crippen molar-refractivity contribution in [2.75, 3.05) is 64.9 Å². The van der Waals surface area contributed by atoms with Crippen molar-refractivity contribution in [3.63, 3.8) is 0 Å². The van der Waals surface area contributed by atoms with E-state index in [0.29, 0.717) is 50.8 Å². The van der Waals surface area contributed by atoms with Crippen LogP contribution in [0.2, 0.25) is 0 Å². The van der Waals surface area contributed by atoms with E-state index in [0.717, 1.165) is 13.1 Å². The number of ether oxygens (including phenoxy) is 1. The number of amides is 1. The Kier molecular flexibility index (Phi) is 4.98. The molecule has 0 unspecified atom stereocenters. The minimum Gasteiger partial charge on any atom is -0.387 e. The van der Waals surface area contributed by atoms with Crippen LogP contribution in [0.5, 0.6) is 0 Å². The maximum Gasteiger partial charge on any atom is 0.257 e. The molecule has 2 saturated heterocycles. The Morgan fingerprint density at radius 2 is 1.96 bits per heavy atom. The predicted octanol–water partition coefficient (Wildman–Crippen LogP) is -0.548. The molecule has 1 atom stereocenters. The molecule has 2 aliphatic heterocycles. The first kappa shape index (κ1) is 17.1. The van der Waals surface area contributed by atoms with Gasteiger partial charge in [0.05, 0.1) is 30.9 Å². The van der Waals surface area contributed by atoms with Gasteiger partial charge in [0.2, 0.25) is 5.95 Å². The molecule has 1 aromatic heterocycles. The Hall–Kier alpha value is -1.77. The number of morpholine rings is 1. The maximum absolute atomic E-state index is 12.6. The average Bonchev–Trinajstić information content (AvgIpc) is 2.96. The predicted molar refractivity (Wildman–Crippen MR) is 89.1 cm³/mol. The van der Waals surface area contributed by atoms with E-state index in [1.54, 1.807) is 17.3 Å². The van der Waals surface area contributed by atoms with Crippen LogP contribution in [0.15, 0.2) is 12.4 Å². The fourth-order valence-electron chi connectivity index (χ4n) is 3.29. The van der Waals surface area contributed by atoms with Crippen LogP contribution in [0.25, 0.3) is 0 Å². The van der Waals surface area contributed by atoms with Crippen molar-refractivity contribution in [2.24, 2.45) is 0 Å². The van der Waals surface area contributed by atoms with Gasteiger partial charge in [-0.15, -0.1) is 0 Å². The smallest absolute Gasteiger partial charge is 0.257 e. The van der Waals surface area contributed by atoms with Crippen LogP contribution in [0, 0.1) is 0 Å². The lowest BCUT2D eigenvalue weighted by molar-refractivity contribution is 0.0236. The van der Waals surface area contributed by atoms with Gasteiger partial charge in [0.1, 0.15) is 0 Å². The first-order valence-electron chi connectivity index (χ1n) is 8.28. The number of hydrogen-bond acceptors (Lipinski definition) is 7. The molecule has 24 heavy (non-hydrogen) atoms. The Balaban J connectivity index is 1.63. The van der Waals surface area contributed by atoms with Crippen LogP contribution in [0.3, 0.4) is 0 Å². The van der Waals surface area contributed by atoms with Gasteiger partial charge >= 0.3 is 0 Å². The average molecular weight is 335 g/mol. The van der Waals surface area contributed by atoms with Crippen molar-refractivity contribution < 1.29 is 14.6 Å². The van der Waals surface area contributed by atoms with E-state index in [4.69, 9.17) is 4.74 Å². The molecule has 8 heteroatoms. The van der Waals surface area contributed by atoms with Gasteiger partial charge in [-0.05, 0) is 20.5 Å². The van der Waals surface area contributed by atoms with E-state index in [1.165, 1.54) is 0 Å². The first-order chi connectivity index (χ1) is 11.5. The molecule has 0 aliphatic carbocycles. The summed E-state index contributed by atoms with van der Waals surface area (Å²) in [5.74, 6) is 0.499. The van der Waals surface area contributed by atoms with Crippen LogP contribution in [0.4, 0.5) is 5.95 Å². The van der Waals surface area contributed by atoms with E-state index >= 15 is 0 Å². The Bertz CT molecular complexity index is 574. The van der Waals surface area contributed by atoms with Gasteiger partial charge in [0.25, 0.3) is 5.91 Å². The summed E-state index contributed by atoms with van der Waals surface area (Å²) in [6.07, 6.45) is 3.73. The number of rotatable bonds is 4. The number of carbonyl (C=O) groups excluding carboxylic acids is 1. The van der Waals surface area contributed by atoms with E-state index in [9.17, 15) is 9.90 Å². The van der Waals surface area contributed by atoms with Gasteiger partial charge < -0.3 is 24.5 Å². The molecule has 0 spiro atoms. The number of aromatic nitrogens is 2. The van der Waals surface area contributed by atoms with Crippen LogP contribution in [-0.2, 0) is 4.74 Å². The van der Waals surface area contributed by atoms with Crippen LogP contribution in [0.1, 0.15) is 16.8 Å². The van der Waals surface area contributed by atoms with Gasteiger partial charge in [-0.3, -0.25) is 4.79 Å². The minimum absolute atomic E-state index is 0.127. The highest BCUT2D eigenvalue weighted by atomic mass is 16.5. The summed E-state index contributed by atoms with van der Waals surface area (Å²) < 4.78 is 5.31. The largest absolute Gasteiger partial charge is 0.387 e. The second kappa shape index (κ2) is 7.00. The summed E-state index contributed by atoms with van der Waals surface area (Å²) in [6.45, 7) is 4.30. The molecule has 0 bridgehead atoms. The molecule has 3 heterocycles.